The summed E-state index contributed by atoms with van der Waals surface area (Å²) in [5.41, 5.74) is 2.75. The van der Waals surface area contributed by atoms with E-state index in [1.165, 1.54) is 17.3 Å². The van der Waals surface area contributed by atoms with E-state index in [1.54, 1.807) is 17.0 Å². The highest BCUT2D eigenvalue weighted by Crippen LogP contribution is 2.40. The minimum absolute atomic E-state index is 0.141. The zero-order valence-corrected chi connectivity index (χ0v) is 27.3. The Morgan fingerprint density at radius 3 is 2.20 bits per heavy atom. The van der Waals surface area contributed by atoms with E-state index in [2.05, 4.69) is 42.9 Å². The van der Waals surface area contributed by atoms with Crippen LogP contribution in [0.25, 0.3) is 11.0 Å². The van der Waals surface area contributed by atoms with E-state index in [1.807, 2.05) is 40.0 Å². The number of sulfone groups is 1. The van der Waals surface area contributed by atoms with E-state index >= 15 is 0 Å². The van der Waals surface area contributed by atoms with Gasteiger partial charge in [-0.05, 0) is 63.9 Å². The fraction of sp³-hybridized carbons (Fsp3) is 0.562. The van der Waals surface area contributed by atoms with Gasteiger partial charge in [0.2, 0.25) is 0 Å². The van der Waals surface area contributed by atoms with Crippen LogP contribution in [0.1, 0.15) is 39.7 Å². The summed E-state index contributed by atoms with van der Waals surface area (Å²) in [7, 11) is -1.38. The number of fused-ring (bicyclic) bond motifs is 1. The molecular weight excluding hydrogens is 578 g/mol. The molecule has 3 aromatic rings. The summed E-state index contributed by atoms with van der Waals surface area (Å²) >= 11 is 0. The summed E-state index contributed by atoms with van der Waals surface area (Å²) in [4.78, 5) is 27.1. The van der Waals surface area contributed by atoms with Crippen LogP contribution in [-0.4, -0.2) is 106 Å². The van der Waals surface area contributed by atoms with Gasteiger partial charge in [0.25, 0.3) is 0 Å². The van der Waals surface area contributed by atoms with Crippen molar-refractivity contribution in [2.24, 2.45) is 0 Å². The molecule has 1 N–H and O–H groups in total. The molecule has 2 aromatic heterocycles. The van der Waals surface area contributed by atoms with Crippen molar-refractivity contribution in [3.63, 3.8) is 0 Å². The molecule has 1 amide bonds. The van der Waals surface area contributed by atoms with Crippen molar-refractivity contribution in [3.8, 4) is 0 Å². The standard InChI is InChI=1S/C32H45N7O4S/c1-32(2,3)43-31(40)35(4)24-20-25(21-24)39-13-10-27-28(37-14-11-33-12-15-37)22-29(34-30(27)39)38-18-16-36(17-19-38)23-6-8-26(9-7-23)44(5,41)42/h6-10,13,22,24-25,33H,11-12,14-21H2,1-5H3. The number of benzene rings is 1. The lowest BCUT2D eigenvalue weighted by Crippen LogP contribution is -2.48. The minimum atomic E-state index is -3.22. The Balaban J connectivity index is 1.21. The Hall–Kier alpha value is -3.51. The van der Waals surface area contributed by atoms with Crippen LogP contribution in [0, 0.1) is 0 Å². The monoisotopic (exact) mass is 623 g/mol. The number of piperazine rings is 2. The molecule has 2 aliphatic heterocycles. The van der Waals surface area contributed by atoms with Crippen LogP contribution in [0.15, 0.2) is 47.5 Å². The highest BCUT2D eigenvalue weighted by atomic mass is 32.2. The Morgan fingerprint density at radius 2 is 1.59 bits per heavy atom. The molecule has 2 saturated heterocycles. The van der Waals surface area contributed by atoms with E-state index in [9.17, 15) is 13.2 Å². The number of nitrogens with one attached hydrogen (secondary N) is 1. The minimum Gasteiger partial charge on any atom is -0.444 e. The molecule has 6 rings (SSSR count). The fourth-order valence-electron chi connectivity index (χ4n) is 6.41. The second-order valence-electron chi connectivity index (χ2n) is 13.3. The van der Waals surface area contributed by atoms with Gasteiger partial charge in [0.05, 0.1) is 10.6 Å². The largest absolute Gasteiger partial charge is 0.444 e. The third-order valence-electron chi connectivity index (χ3n) is 9.05. The average Bonchev–Trinajstić information content (AvgIpc) is 3.39. The third-order valence-corrected chi connectivity index (χ3v) is 10.2. The molecular formula is C32H45N7O4S. The first-order chi connectivity index (χ1) is 20.9. The maximum atomic E-state index is 12.6. The van der Waals surface area contributed by atoms with Gasteiger partial charge in [0, 0.05) is 101 Å². The first kappa shape index (κ1) is 30.5. The molecule has 1 saturated carbocycles. The van der Waals surface area contributed by atoms with Gasteiger partial charge in [0.1, 0.15) is 17.1 Å². The van der Waals surface area contributed by atoms with Crippen LogP contribution < -0.4 is 20.0 Å². The van der Waals surface area contributed by atoms with Crippen molar-refractivity contribution >= 4 is 44.2 Å². The predicted molar refractivity (Wildman–Crippen MR) is 175 cm³/mol. The van der Waals surface area contributed by atoms with Crippen LogP contribution in [-0.2, 0) is 14.6 Å². The third kappa shape index (κ3) is 6.32. The van der Waals surface area contributed by atoms with Crippen LogP contribution >= 0.6 is 0 Å². The molecule has 0 atom stereocenters. The molecule has 3 fully saturated rings. The van der Waals surface area contributed by atoms with Crippen molar-refractivity contribution in [1.29, 1.82) is 0 Å². The van der Waals surface area contributed by atoms with Crippen LogP contribution in [0.2, 0.25) is 0 Å². The van der Waals surface area contributed by atoms with E-state index < -0.39 is 15.4 Å². The van der Waals surface area contributed by atoms with Crippen molar-refractivity contribution < 1.29 is 17.9 Å². The lowest BCUT2D eigenvalue weighted by atomic mass is 9.85. The molecule has 44 heavy (non-hydrogen) atoms. The normalized spacial score (nSPS) is 21.3. The predicted octanol–water partition coefficient (Wildman–Crippen LogP) is 3.75. The van der Waals surface area contributed by atoms with Gasteiger partial charge in [-0.1, -0.05) is 0 Å². The number of pyridine rings is 1. The van der Waals surface area contributed by atoms with Gasteiger partial charge in [-0.3, -0.25) is 0 Å². The second-order valence-corrected chi connectivity index (χ2v) is 15.3. The molecule has 0 bridgehead atoms. The van der Waals surface area contributed by atoms with Gasteiger partial charge in [0.15, 0.2) is 9.84 Å². The smallest absolute Gasteiger partial charge is 0.410 e. The molecule has 3 aliphatic rings. The van der Waals surface area contributed by atoms with Crippen LogP contribution in [0.3, 0.4) is 0 Å². The molecule has 238 valence electrons. The van der Waals surface area contributed by atoms with Crippen molar-refractivity contribution in [2.75, 3.05) is 80.4 Å². The SMILES string of the molecule is CN(C(=O)OC(C)(C)C)C1CC(n2ccc3c(N4CCNCC4)cc(N4CCN(c5ccc(S(C)(=O)=O)cc5)CC4)nc32)C1. The van der Waals surface area contributed by atoms with Gasteiger partial charge in [-0.25, -0.2) is 18.2 Å². The second kappa shape index (κ2) is 11.8. The maximum Gasteiger partial charge on any atom is 0.410 e. The van der Waals surface area contributed by atoms with Crippen molar-refractivity contribution in [3.05, 3.63) is 42.6 Å². The number of carbonyl (C=O) groups is 1. The number of rotatable bonds is 6. The van der Waals surface area contributed by atoms with Crippen molar-refractivity contribution in [2.45, 2.75) is 56.2 Å². The van der Waals surface area contributed by atoms with E-state index in [-0.39, 0.29) is 18.2 Å². The van der Waals surface area contributed by atoms with Crippen molar-refractivity contribution in [1.82, 2.24) is 19.8 Å². The summed E-state index contributed by atoms with van der Waals surface area (Å²) in [6.07, 6.45) is 4.86. The Labute approximate surface area is 260 Å². The lowest BCUT2D eigenvalue weighted by Gasteiger charge is -2.42. The highest BCUT2D eigenvalue weighted by Gasteiger charge is 2.38. The zero-order valence-electron chi connectivity index (χ0n) is 26.5. The molecule has 0 unspecified atom stereocenters. The van der Waals surface area contributed by atoms with E-state index in [4.69, 9.17) is 9.72 Å². The summed E-state index contributed by atoms with van der Waals surface area (Å²) in [6, 6.07) is 12.1. The number of nitrogens with zero attached hydrogens (tertiary/aromatic N) is 6. The Morgan fingerprint density at radius 1 is 0.955 bits per heavy atom. The van der Waals surface area contributed by atoms with E-state index in [0.29, 0.717) is 4.90 Å². The number of carbonyl (C=O) groups excluding carboxylic acids is 1. The number of hydrogen-bond acceptors (Lipinski definition) is 9. The zero-order chi connectivity index (χ0) is 31.2. The van der Waals surface area contributed by atoms with Gasteiger partial charge >= 0.3 is 6.09 Å². The summed E-state index contributed by atoms with van der Waals surface area (Å²) in [5.74, 6) is 0.986. The van der Waals surface area contributed by atoms with E-state index in [0.717, 1.165) is 82.4 Å². The molecule has 1 aliphatic carbocycles. The molecule has 12 heteroatoms. The van der Waals surface area contributed by atoms with Crippen LogP contribution in [0.4, 0.5) is 22.0 Å². The van der Waals surface area contributed by atoms with Gasteiger partial charge in [-0.15, -0.1) is 0 Å². The number of aromatic nitrogens is 2. The number of anilines is 3. The molecule has 11 nitrogen and oxygen atoms in total. The lowest BCUT2D eigenvalue weighted by molar-refractivity contribution is 0.00809. The summed E-state index contributed by atoms with van der Waals surface area (Å²) in [6.45, 7) is 12.8. The highest BCUT2D eigenvalue weighted by molar-refractivity contribution is 7.90. The topological polar surface area (TPSA) is 103 Å². The molecule has 0 spiro atoms. The molecule has 0 radical (unpaired) electrons. The Bertz CT molecular complexity index is 1600. The fourth-order valence-corrected chi connectivity index (χ4v) is 7.04. The Kier molecular flexibility index (Phi) is 8.17. The first-order valence-electron chi connectivity index (χ1n) is 15.6. The quantitative estimate of drug-likeness (QED) is 0.440. The maximum absolute atomic E-state index is 12.6. The summed E-state index contributed by atoms with van der Waals surface area (Å²) < 4.78 is 31.7. The molecule has 1 aromatic carbocycles. The van der Waals surface area contributed by atoms with Crippen LogP contribution in [0.5, 0.6) is 0 Å². The number of hydrogen-bond donors (Lipinski definition) is 1. The first-order valence-corrected chi connectivity index (χ1v) is 17.5. The van der Waals surface area contributed by atoms with Gasteiger partial charge < -0.3 is 34.2 Å². The van der Waals surface area contributed by atoms with Gasteiger partial charge in [-0.2, -0.15) is 0 Å². The average molecular weight is 624 g/mol. The molecule has 4 heterocycles. The summed E-state index contributed by atoms with van der Waals surface area (Å²) in [5, 5.41) is 4.64. The number of amides is 1. The number of ether oxygens (including phenoxy) is 1.